The highest BCUT2D eigenvalue weighted by molar-refractivity contribution is 6.32. The van der Waals surface area contributed by atoms with Gasteiger partial charge in [-0.05, 0) is 12.1 Å². The summed E-state index contributed by atoms with van der Waals surface area (Å²) in [5, 5.41) is 11.8. The van der Waals surface area contributed by atoms with Crippen molar-refractivity contribution in [3.63, 3.8) is 0 Å². The fraction of sp³-hybridized carbons (Fsp3) is 0.562. The standard InChI is InChI=1S/C16H22ClN5O2/c17-16-14(3-1-5-19-16)20-15(23)13-22(6-2-4-18)8-7-21-9-11-24-12-10-21/h1,3,5H,2,6-13H2,(H,20,23). The van der Waals surface area contributed by atoms with Crippen molar-refractivity contribution in [3.05, 3.63) is 23.5 Å². The first-order chi connectivity index (χ1) is 11.7. The van der Waals surface area contributed by atoms with Gasteiger partial charge in [-0.15, -0.1) is 0 Å². The van der Waals surface area contributed by atoms with Crippen LogP contribution in [0, 0.1) is 11.3 Å². The number of nitrogens with one attached hydrogen (secondary N) is 1. The zero-order valence-electron chi connectivity index (χ0n) is 13.6. The number of hydrogen-bond acceptors (Lipinski definition) is 6. The van der Waals surface area contributed by atoms with Crippen molar-refractivity contribution in [2.75, 3.05) is 57.8 Å². The van der Waals surface area contributed by atoms with Crippen molar-refractivity contribution in [3.8, 4) is 6.07 Å². The Morgan fingerprint density at radius 3 is 2.96 bits per heavy atom. The molecule has 2 rings (SSSR count). The van der Waals surface area contributed by atoms with Crippen molar-refractivity contribution in [1.29, 1.82) is 5.26 Å². The van der Waals surface area contributed by atoms with Crippen LogP contribution >= 0.6 is 11.6 Å². The van der Waals surface area contributed by atoms with Crippen LogP contribution in [-0.2, 0) is 9.53 Å². The number of nitriles is 1. The van der Waals surface area contributed by atoms with E-state index in [0.717, 1.165) is 39.4 Å². The van der Waals surface area contributed by atoms with E-state index in [9.17, 15) is 4.79 Å². The first-order valence-electron chi connectivity index (χ1n) is 7.99. The highest BCUT2D eigenvalue weighted by Crippen LogP contribution is 2.17. The molecule has 130 valence electrons. The van der Waals surface area contributed by atoms with Crippen LogP contribution in [0.1, 0.15) is 6.42 Å². The average molecular weight is 352 g/mol. The summed E-state index contributed by atoms with van der Waals surface area (Å²) in [5.74, 6) is -0.162. The van der Waals surface area contributed by atoms with Crippen LogP contribution in [0.25, 0.3) is 0 Å². The first kappa shape index (κ1) is 18.6. The molecular weight excluding hydrogens is 330 g/mol. The number of pyridine rings is 1. The summed E-state index contributed by atoms with van der Waals surface area (Å²) < 4.78 is 5.33. The topological polar surface area (TPSA) is 81.5 Å². The molecule has 24 heavy (non-hydrogen) atoms. The third-order valence-electron chi connectivity index (χ3n) is 3.78. The third kappa shape index (κ3) is 6.42. The predicted octanol–water partition coefficient (Wildman–Crippen LogP) is 1.22. The summed E-state index contributed by atoms with van der Waals surface area (Å²) in [6.45, 7) is 5.68. The van der Waals surface area contributed by atoms with Gasteiger partial charge in [-0.2, -0.15) is 5.26 Å². The van der Waals surface area contributed by atoms with Crippen LogP contribution in [0.5, 0.6) is 0 Å². The number of carbonyl (C=O) groups is 1. The first-order valence-corrected chi connectivity index (χ1v) is 8.36. The smallest absolute Gasteiger partial charge is 0.238 e. The summed E-state index contributed by atoms with van der Waals surface area (Å²) in [7, 11) is 0. The van der Waals surface area contributed by atoms with Crippen LogP contribution in [-0.4, -0.2) is 73.2 Å². The molecule has 0 spiro atoms. The molecule has 2 heterocycles. The Bertz CT molecular complexity index is 572. The number of nitrogens with zero attached hydrogens (tertiary/aromatic N) is 4. The van der Waals surface area contributed by atoms with Crippen molar-refractivity contribution < 1.29 is 9.53 Å². The van der Waals surface area contributed by atoms with E-state index in [1.807, 2.05) is 4.90 Å². The van der Waals surface area contributed by atoms with E-state index >= 15 is 0 Å². The molecule has 7 nitrogen and oxygen atoms in total. The molecule has 0 unspecified atom stereocenters. The Balaban J connectivity index is 1.83. The van der Waals surface area contributed by atoms with Gasteiger partial charge >= 0.3 is 0 Å². The van der Waals surface area contributed by atoms with Gasteiger partial charge in [0, 0.05) is 45.3 Å². The summed E-state index contributed by atoms with van der Waals surface area (Å²) in [4.78, 5) is 20.5. The lowest BCUT2D eigenvalue weighted by molar-refractivity contribution is -0.117. The monoisotopic (exact) mass is 351 g/mol. The number of amides is 1. The summed E-state index contributed by atoms with van der Waals surface area (Å²) in [5.41, 5.74) is 0.498. The number of hydrogen-bond donors (Lipinski definition) is 1. The third-order valence-corrected chi connectivity index (χ3v) is 4.08. The number of carbonyl (C=O) groups excluding carboxylic acids is 1. The molecule has 0 aliphatic carbocycles. The minimum atomic E-state index is -0.162. The van der Waals surface area contributed by atoms with E-state index in [0.29, 0.717) is 18.7 Å². The van der Waals surface area contributed by atoms with Crippen LogP contribution in [0.3, 0.4) is 0 Å². The molecule has 0 saturated carbocycles. The van der Waals surface area contributed by atoms with E-state index in [1.165, 1.54) is 0 Å². The molecule has 8 heteroatoms. The van der Waals surface area contributed by atoms with Crippen LogP contribution in [0.2, 0.25) is 5.15 Å². The molecule has 1 aliphatic heterocycles. The fourth-order valence-corrected chi connectivity index (χ4v) is 2.62. The van der Waals surface area contributed by atoms with Crippen molar-refractivity contribution in [1.82, 2.24) is 14.8 Å². The normalized spacial score (nSPS) is 15.2. The van der Waals surface area contributed by atoms with Gasteiger partial charge in [0.05, 0.1) is 31.5 Å². The van der Waals surface area contributed by atoms with Gasteiger partial charge in [0.25, 0.3) is 0 Å². The Morgan fingerprint density at radius 1 is 1.46 bits per heavy atom. The fourth-order valence-electron chi connectivity index (χ4n) is 2.46. The number of anilines is 1. The van der Waals surface area contributed by atoms with Gasteiger partial charge in [0.15, 0.2) is 5.15 Å². The lowest BCUT2D eigenvalue weighted by Crippen LogP contribution is -2.43. The highest BCUT2D eigenvalue weighted by Gasteiger charge is 2.15. The molecule has 0 atom stereocenters. The second-order valence-corrected chi connectivity index (χ2v) is 5.89. The van der Waals surface area contributed by atoms with Gasteiger partial charge in [-0.1, -0.05) is 11.6 Å². The molecule has 1 N–H and O–H groups in total. The maximum absolute atomic E-state index is 12.2. The minimum absolute atomic E-state index is 0.162. The van der Waals surface area contributed by atoms with Gasteiger partial charge < -0.3 is 10.1 Å². The molecule has 1 saturated heterocycles. The Morgan fingerprint density at radius 2 is 2.25 bits per heavy atom. The van der Waals surface area contributed by atoms with E-state index in [-0.39, 0.29) is 17.6 Å². The summed E-state index contributed by atoms with van der Waals surface area (Å²) in [6, 6.07) is 5.55. The largest absolute Gasteiger partial charge is 0.379 e. The van der Waals surface area contributed by atoms with E-state index in [2.05, 4.69) is 21.3 Å². The molecule has 1 aliphatic rings. The second kappa shape index (κ2) is 10.2. The number of morpholine rings is 1. The molecule has 1 fully saturated rings. The van der Waals surface area contributed by atoms with Crippen LogP contribution in [0.15, 0.2) is 18.3 Å². The van der Waals surface area contributed by atoms with E-state index in [4.69, 9.17) is 21.6 Å². The second-order valence-electron chi connectivity index (χ2n) is 5.53. The molecule has 0 aromatic carbocycles. The summed E-state index contributed by atoms with van der Waals surface area (Å²) >= 11 is 5.95. The van der Waals surface area contributed by atoms with Crippen molar-refractivity contribution in [2.24, 2.45) is 0 Å². The van der Waals surface area contributed by atoms with Crippen molar-refractivity contribution >= 4 is 23.2 Å². The Labute approximate surface area is 147 Å². The molecule has 1 amide bonds. The Hall–Kier alpha value is -1.72. The molecule has 0 radical (unpaired) electrons. The maximum Gasteiger partial charge on any atom is 0.238 e. The van der Waals surface area contributed by atoms with E-state index in [1.54, 1.807) is 18.3 Å². The zero-order chi connectivity index (χ0) is 17.2. The quantitative estimate of drug-likeness (QED) is 0.709. The zero-order valence-corrected chi connectivity index (χ0v) is 14.3. The SMILES string of the molecule is N#CCCN(CCN1CCOCC1)CC(=O)Nc1cccnc1Cl. The summed E-state index contributed by atoms with van der Waals surface area (Å²) in [6.07, 6.45) is 1.96. The van der Waals surface area contributed by atoms with Crippen LogP contribution in [0.4, 0.5) is 5.69 Å². The van der Waals surface area contributed by atoms with Gasteiger partial charge in [0.1, 0.15) is 0 Å². The average Bonchev–Trinajstić information content (AvgIpc) is 2.60. The van der Waals surface area contributed by atoms with Gasteiger partial charge in [-0.25, -0.2) is 4.98 Å². The van der Waals surface area contributed by atoms with Crippen LogP contribution < -0.4 is 5.32 Å². The number of ether oxygens (including phenoxy) is 1. The maximum atomic E-state index is 12.2. The Kier molecular flexibility index (Phi) is 7.92. The molecular formula is C16H22ClN5O2. The number of rotatable bonds is 8. The molecule has 1 aromatic rings. The molecule has 1 aromatic heterocycles. The lowest BCUT2D eigenvalue weighted by Gasteiger charge is -2.29. The lowest BCUT2D eigenvalue weighted by atomic mass is 10.3. The van der Waals surface area contributed by atoms with Gasteiger partial charge in [-0.3, -0.25) is 14.6 Å². The molecule has 0 bridgehead atoms. The van der Waals surface area contributed by atoms with E-state index < -0.39 is 0 Å². The predicted molar refractivity (Wildman–Crippen MR) is 91.8 cm³/mol. The highest BCUT2D eigenvalue weighted by atomic mass is 35.5. The van der Waals surface area contributed by atoms with Crippen molar-refractivity contribution in [2.45, 2.75) is 6.42 Å². The number of aromatic nitrogens is 1. The minimum Gasteiger partial charge on any atom is -0.379 e. The number of halogens is 1. The van der Waals surface area contributed by atoms with Gasteiger partial charge in [0.2, 0.25) is 5.91 Å².